The summed E-state index contributed by atoms with van der Waals surface area (Å²) in [5.41, 5.74) is 0.801. The Labute approximate surface area is 116 Å². The second kappa shape index (κ2) is 6.00. The van der Waals surface area contributed by atoms with Gasteiger partial charge in [0.1, 0.15) is 5.82 Å². The van der Waals surface area contributed by atoms with Crippen LogP contribution in [0.25, 0.3) is 0 Å². The van der Waals surface area contributed by atoms with Crippen molar-refractivity contribution in [2.45, 2.75) is 25.9 Å². The molecule has 5 nitrogen and oxygen atoms in total. The summed E-state index contributed by atoms with van der Waals surface area (Å²) in [5, 5.41) is 11.7. The van der Waals surface area contributed by atoms with Gasteiger partial charge in [0.15, 0.2) is 0 Å². The van der Waals surface area contributed by atoms with E-state index >= 15 is 0 Å². The molecule has 1 atom stereocenters. The predicted octanol–water partition coefficient (Wildman–Crippen LogP) is 0.920. The van der Waals surface area contributed by atoms with E-state index in [-0.39, 0.29) is 12.2 Å². The van der Waals surface area contributed by atoms with Crippen LogP contribution in [-0.4, -0.2) is 41.0 Å². The van der Waals surface area contributed by atoms with Crippen LogP contribution in [0, 0.1) is 5.82 Å². The van der Waals surface area contributed by atoms with Gasteiger partial charge in [-0.05, 0) is 30.5 Å². The molecule has 0 spiro atoms. The summed E-state index contributed by atoms with van der Waals surface area (Å²) >= 11 is 0. The first-order valence-corrected chi connectivity index (χ1v) is 6.58. The number of β-amino-alcohol motifs (C(OH)–C–C–N with tert-alkyl or cyclic N) is 1. The summed E-state index contributed by atoms with van der Waals surface area (Å²) in [5.74, 6) is -1.93. The molecule has 108 valence electrons. The van der Waals surface area contributed by atoms with E-state index in [1.54, 1.807) is 12.1 Å². The molecule has 0 aromatic heterocycles. The Bertz CT molecular complexity index is 533. The molecular formula is C14H17FN2O3. The number of aliphatic hydroxyl groups is 1. The van der Waals surface area contributed by atoms with Gasteiger partial charge in [0, 0.05) is 18.8 Å². The highest BCUT2D eigenvalue weighted by molar-refractivity contribution is 6.39. The molecule has 1 saturated heterocycles. The van der Waals surface area contributed by atoms with E-state index in [4.69, 9.17) is 0 Å². The number of likely N-dealkylation sites (tertiary alicyclic amines) is 1. The highest BCUT2D eigenvalue weighted by Gasteiger charge is 2.28. The van der Waals surface area contributed by atoms with Crippen LogP contribution in [0.2, 0.25) is 0 Å². The highest BCUT2D eigenvalue weighted by Crippen LogP contribution is 2.16. The van der Waals surface area contributed by atoms with E-state index in [2.05, 4.69) is 5.32 Å². The lowest BCUT2D eigenvalue weighted by atomic mass is 10.1. The zero-order valence-corrected chi connectivity index (χ0v) is 11.2. The van der Waals surface area contributed by atoms with Gasteiger partial charge < -0.3 is 15.3 Å². The van der Waals surface area contributed by atoms with Crippen LogP contribution >= 0.6 is 0 Å². The van der Waals surface area contributed by atoms with Crippen molar-refractivity contribution in [3.05, 3.63) is 29.6 Å². The van der Waals surface area contributed by atoms with Crippen molar-refractivity contribution in [2.24, 2.45) is 0 Å². The van der Waals surface area contributed by atoms with Crippen molar-refractivity contribution in [2.75, 3.05) is 18.4 Å². The summed E-state index contributed by atoms with van der Waals surface area (Å²) in [7, 11) is 0. The molecule has 0 radical (unpaired) electrons. The molecule has 6 heteroatoms. The summed E-state index contributed by atoms with van der Waals surface area (Å²) in [6.45, 7) is 2.35. The minimum absolute atomic E-state index is 0.162. The van der Waals surface area contributed by atoms with Gasteiger partial charge in [-0.2, -0.15) is 0 Å². The van der Waals surface area contributed by atoms with Crippen LogP contribution in [0.3, 0.4) is 0 Å². The molecule has 1 fully saturated rings. The minimum Gasteiger partial charge on any atom is -0.391 e. The van der Waals surface area contributed by atoms with Crippen molar-refractivity contribution in [3.8, 4) is 0 Å². The molecule has 0 saturated carbocycles. The Balaban J connectivity index is 2.00. The molecule has 0 unspecified atom stereocenters. The fraction of sp³-hybridized carbons (Fsp3) is 0.429. The van der Waals surface area contributed by atoms with Gasteiger partial charge in [-0.3, -0.25) is 9.59 Å². The Kier molecular flexibility index (Phi) is 4.34. The van der Waals surface area contributed by atoms with Crippen LogP contribution < -0.4 is 5.32 Å². The molecule has 1 aromatic rings. The molecule has 1 aliphatic rings. The Hall–Kier alpha value is -1.95. The molecule has 1 aromatic carbocycles. The molecule has 2 N–H and O–H groups in total. The number of nitrogens with one attached hydrogen (secondary N) is 1. The minimum atomic E-state index is -0.817. The van der Waals surface area contributed by atoms with Gasteiger partial charge in [-0.25, -0.2) is 4.39 Å². The summed E-state index contributed by atoms with van der Waals surface area (Å²) in [6.07, 6.45) is 0.455. The number of carbonyl (C=O) groups is 2. The number of anilines is 1. The average Bonchev–Trinajstić information content (AvgIpc) is 2.84. The normalized spacial score (nSPS) is 18.1. The number of hydrogen-bond acceptors (Lipinski definition) is 3. The lowest BCUT2D eigenvalue weighted by Crippen LogP contribution is -2.38. The third kappa shape index (κ3) is 3.14. The Morgan fingerprint density at radius 3 is 2.80 bits per heavy atom. The number of halogens is 1. The average molecular weight is 280 g/mol. The highest BCUT2D eigenvalue weighted by atomic mass is 19.1. The molecular weight excluding hydrogens is 263 g/mol. The van der Waals surface area contributed by atoms with E-state index in [1.807, 2.05) is 6.92 Å². The molecule has 20 heavy (non-hydrogen) atoms. The Morgan fingerprint density at radius 1 is 1.50 bits per heavy atom. The molecule has 2 rings (SSSR count). The lowest BCUT2D eigenvalue weighted by Gasteiger charge is -2.15. The zero-order valence-electron chi connectivity index (χ0n) is 11.2. The summed E-state index contributed by atoms with van der Waals surface area (Å²) in [6, 6.07) is 4.34. The standard InChI is InChI=1S/C14H17FN2O3/c1-2-9-3-4-10(7-12(9)15)16-13(19)14(20)17-6-5-11(18)8-17/h3-4,7,11,18H,2,5-6,8H2,1H3,(H,16,19)/t11-/m0/s1. The molecule has 1 heterocycles. The number of hydrogen-bond donors (Lipinski definition) is 2. The fourth-order valence-electron chi connectivity index (χ4n) is 2.17. The van der Waals surface area contributed by atoms with Gasteiger partial charge in [0.25, 0.3) is 0 Å². The lowest BCUT2D eigenvalue weighted by molar-refractivity contribution is -0.142. The number of rotatable bonds is 2. The van der Waals surface area contributed by atoms with Crippen molar-refractivity contribution in [1.29, 1.82) is 0 Å². The van der Waals surface area contributed by atoms with Gasteiger partial charge in [0.05, 0.1) is 6.10 Å². The van der Waals surface area contributed by atoms with Crippen molar-refractivity contribution >= 4 is 17.5 Å². The first-order chi connectivity index (χ1) is 9.51. The van der Waals surface area contributed by atoms with Gasteiger partial charge in [-0.15, -0.1) is 0 Å². The van der Waals surface area contributed by atoms with Crippen molar-refractivity contribution in [3.63, 3.8) is 0 Å². The number of aliphatic hydroxyl groups excluding tert-OH is 1. The van der Waals surface area contributed by atoms with Gasteiger partial charge in [-0.1, -0.05) is 13.0 Å². The van der Waals surface area contributed by atoms with Crippen LogP contribution in [0.1, 0.15) is 18.9 Å². The van der Waals surface area contributed by atoms with E-state index < -0.39 is 23.7 Å². The van der Waals surface area contributed by atoms with E-state index in [9.17, 15) is 19.1 Å². The molecule has 1 aliphatic heterocycles. The van der Waals surface area contributed by atoms with Crippen LogP contribution in [0.5, 0.6) is 0 Å². The molecule has 0 bridgehead atoms. The first-order valence-electron chi connectivity index (χ1n) is 6.58. The van der Waals surface area contributed by atoms with E-state index in [0.29, 0.717) is 24.9 Å². The maximum Gasteiger partial charge on any atom is 0.313 e. The summed E-state index contributed by atoms with van der Waals surface area (Å²) < 4.78 is 13.6. The zero-order chi connectivity index (χ0) is 14.7. The largest absolute Gasteiger partial charge is 0.391 e. The third-order valence-electron chi connectivity index (χ3n) is 3.34. The second-order valence-corrected chi connectivity index (χ2v) is 4.81. The Morgan fingerprint density at radius 2 is 2.25 bits per heavy atom. The van der Waals surface area contributed by atoms with Crippen molar-refractivity contribution < 1.29 is 19.1 Å². The van der Waals surface area contributed by atoms with Crippen LogP contribution in [0.15, 0.2) is 18.2 Å². The van der Waals surface area contributed by atoms with Crippen molar-refractivity contribution in [1.82, 2.24) is 4.90 Å². The smallest absolute Gasteiger partial charge is 0.313 e. The van der Waals surface area contributed by atoms with Crippen LogP contribution in [0.4, 0.5) is 10.1 Å². The number of benzene rings is 1. The first kappa shape index (κ1) is 14.5. The van der Waals surface area contributed by atoms with E-state index in [0.717, 1.165) is 0 Å². The molecule has 2 amide bonds. The maximum atomic E-state index is 13.6. The predicted molar refractivity (Wildman–Crippen MR) is 71.6 cm³/mol. The monoisotopic (exact) mass is 280 g/mol. The summed E-state index contributed by atoms with van der Waals surface area (Å²) in [4.78, 5) is 24.9. The fourth-order valence-corrected chi connectivity index (χ4v) is 2.17. The van der Waals surface area contributed by atoms with E-state index in [1.165, 1.54) is 11.0 Å². The number of nitrogens with zero attached hydrogens (tertiary/aromatic N) is 1. The number of aryl methyl sites for hydroxylation is 1. The molecule has 0 aliphatic carbocycles. The maximum absolute atomic E-state index is 13.6. The van der Waals surface area contributed by atoms with Crippen LogP contribution in [-0.2, 0) is 16.0 Å². The SMILES string of the molecule is CCc1ccc(NC(=O)C(=O)N2CC[C@H](O)C2)cc1F. The number of carbonyl (C=O) groups excluding carboxylic acids is 2. The quantitative estimate of drug-likeness (QED) is 0.791. The third-order valence-corrected chi connectivity index (χ3v) is 3.34. The van der Waals surface area contributed by atoms with Gasteiger partial charge >= 0.3 is 11.8 Å². The second-order valence-electron chi connectivity index (χ2n) is 4.81. The van der Waals surface area contributed by atoms with Gasteiger partial charge in [0.2, 0.25) is 0 Å². The topological polar surface area (TPSA) is 69.6 Å². The number of amides is 2.